The van der Waals surface area contributed by atoms with Gasteiger partial charge in [0.2, 0.25) is 5.91 Å². The molecular formula is C23H15F3N6O2. The molecule has 2 aromatic heterocycles. The van der Waals surface area contributed by atoms with Crippen molar-refractivity contribution in [3.8, 4) is 6.07 Å². The zero-order valence-electron chi connectivity index (χ0n) is 17.3. The largest absolute Gasteiger partial charge is 0.437 e. The molecule has 2 aromatic carbocycles. The van der Waals surface area contributed by atoms with Gasteiger partial charge in [-0.2, -0.15) is 23.5 Å². The van der Waals surface area contributed by atoms with E-state index in [0.29, 0.717) is 16.5 Å². The number of nitriles is 1. The third-order valence-corrected chi connectivity index (χ3v) is 4.92. The van der Waals surface area contributed by atoms with Crippen molar-refractivity contribution in [2.75, 3.05) is 5.32 Å². The molecule has 11 heteroatoms. The van der Waals surface area contributed by atoms with Crippen LogP contribution in [0.25, 0.3) is 10.9 Å². The summed E-state index contributed by atoms with van der Waals surface area (Å²) in [6.45, 7) is -0.0231. The maximum atomic E-state index is 13.6. The van der Waals surface area contributed by atoms with E-state index in [1.54, 1.807) is 36.4 Å². The Balaban J connectivity index is 1.67. The van der Waals surface area contributed by atoms with E-state index in [4.69, 9.17) is 11.0 Å². The van der Waals surface area contributed by atoms with Gasteiger partial charge in [-0.1, -0.05) is 30.3 Å². The van der Waals surface area contributed by atoms with E-state index < -0.39 is 29.4 Å². The number of halogens is 3. The number of para-hydroxylation sites is 1. The Kier molecular flexibility index (Phi) is 5.73. The molecule has 4 rings (SSSR count). The Morgan fingerprint density at radius 3 is 2.47 bits per heavy atom. The molecule has 0 radical (unpaired) electrons. The fraction of sp³-hybridized carbons (Fsp3) is 0.0870. The normalized spacial score (nSPS) is 11.2. The number of primary amides is 1. The second-order valence-electron chi connectivity index (χ2n) is 7.29. The molecule has 4 aromatic rings. The molecule has 0 bridgehead atoms. The van der Waals surface area contributed by atoms with Crippen molar-refractivity contribution >= 4 is 28.4 Å². The number of amides is 2. The number of alkyl halides is 3. The van der Waals surface area contributed by atoms with Crippen LogP contribution in [0.15, 0.2) is 60.8 Å². The summed E-state index contributed by atoms with van der Waals surface area (Å²) in [5.74, 6) is -1.77. The standard InChI is InChI=1S/C23H15F3N6O2/c24-23(25,26)20-19(12-32(31-20)11-14-7-5-13(10-27)6-8-14)30-22(34)18-9-16(21(28)33)15-3-1-2-4-17(15)29-18/h1-9,12H,11H2,(H2,28,33)(H,30,34). The van der Waals surface area contributed by atoms with Gasteiger partial charge in [-0.15, -0.1) is 0 Å². The zero-order valence-corrected chi connectivity index (χ0v) is 17.3. The Morgan fingerprint density at radius 1 is 1.12 bits per heavy atom. The van der Waals surface area contributed by atoms with Crippen molar-refractivity contribution < 1.29 is 22.8 Å². The number of nitrogens with one attached hydrogen (secondary N) is 1. The quantitative estimate of drug-likeness (QED) is 0.465. The van der Waals surface area contributed by atoms with Crippen molar-refractivity contribution in [2.24, 2.45) is 5.73 Å². The number of pyridine rings is 1. The summed E-state index contributed by atoms with van der Waals surface area (Å²) < 4.78 is 41.8. The van der Waals surface area contributed by atoms with Crippen LogP contribution in [0.3, 0.4) is 0 Å². The van der Waals surface area contributed by atoms with Crippen molar-refractivity contribution in [1.29, 1.82) is 5.26 Å². The highest BCUT2D eigenvalue weighted by atomic mass is 19.4. The molecule has 0 saturated carbocycles. The number of aromatic nitrogens is 3. The highest BCUT2D eigenvalue weighted by Crippen LogP contribution is 2.34. The summed E-state index contributed by atoms with van der Waals surface area (Å²) in [4.78, 5) is 28.8. The third-order valence-electron chi connectivity index (χ3n) is 4.92. The van der Waals surface area contributed by atoms with Crippen LogP contribution in [0, 0.1) is 11.3 Å². The molecule has 170 valence electrons. The summed E-state index contributed by atoms with van der Waals surface area (Å²) in [6.07, 6.45) is -3.79. The topological polar surface area (TPSA) is 127 Å². The number of anilines is 1. The predicted molar refractivity (Wildman–Crippen MR) is 116 cm³/mol. The van der Waals surface area contributed by atoms with Gasteiger partial charge in [0.1, 0.15) is 5.69 Å². The lowest BCUT2D eigenvalue weighted by Crippen LogP contribution is -2.19. The molecule has 34 heavy (non-hydrogen) atoms. The van der Waals surface area contributed by atoms with Crippen LogP contribution in [0.1, 0.15) is 37.7 Å². The Morgan fingerprint density at radius 2 is 1.82 bits per heavy atom. The van der Waals surface area contributed by atoms with Crippen LogP contribution in [0.2, 0.25) is 0 Å². The van der Waals surface area contributed by atoms with Gasteiger partial charge in [-0.3, -0.25) is 14.3 Å². The Labute approximate surface area is 190 Å². The molecule has 2 heterocycles. The van der Waals surface area contributed by atoms with Crippen LogP contribution in [0.5, 0.6) is 0 Å². The van der Waals surface area contributed by atoms with E-state index in [0.717, 1.165) is 16.9 Å². The maximum Gasteiger partial charge on any atom is 0.437 e. The van der Waals surface area contributed by atoms with Crippen LogP contribution in [-0.4, -0.2) is 26.6 Å². The number of carbonyl (C=O) groups excluding carboxylic acids is 2. The lowest BCUT2D eigenvalue weighted by Gasteiger charge is -2.09. The number of nitrogens with zero attached hydrogens (tertiary/aromatic N) is 4. The molecule has 8 nitrogen and oxygen atoms in total. The van der Waals surface area contributed by atoms with E-state index >= 15 is 0 Å². The first-order chi connectivity index (χ1) is 16.2. The number of hydrogen-bond donors (Lipinski definition) is 2. The first-order valence-corrected chi connectivity index (χ1v) is 9.80. The zero-order chi connectivity index (χ0) is 24.5. The smallest absolute Gasteiger partial charge is 0.366 e. The number of rotatable bonds is 5. The molecule has 0 unspecified atom stereocenters. The SMILES string of the molecule is N#Cc1ccc(Cn2cc(NC(=O)c3cc(C(N)=O)c4ccccc4n3)c(C(F)(F)F)n2)cc1. The van der Waals surface area contributed by atoms with Crippen molar-refractivity contribution in [1.82, 2.24) is 14.8 Å². The molecule has 3 N–H and O–H groups in total. The molecule has 0 spiro atoms. The molecule has 0 aliphatic heterocycles. The van der Waals surface area contributed by atoms with Crippen LogP contribution >= 0.6 is 0 Å². The van der Waals surface area contributed by atoms with Gasteiger partial charge < -0.3 is 11.1 Å². The molecule has 0 atom stereocenters. The maximum absolute atomic E-state index is 13.6. The number of benzene rings is 2. The molecule has 2 amide bonds. The summed E-state index contributed by atoms with van der Waals surface area (Å²) in [5, 5.41) is 15.1. The second kappa shape index (κ2) is 8.67. The fourth-order valence-electron chi connectivity index (χ4n) is 3.36. The minimum Gasteiger partial charge on any atom is -0.366 e. The monoisotopic (exact) mass is 464 g/mol. The summed E-state index contributed by atoms with van der Waals surface area (Å²) >= 11 is 0. The molecule has 0 saturated heterocycles. The lowest BCUT2D eigenvalue weighted by molar-refractivity contribution is -0.140. The first kappa shape index (κ1) is 22.5. The Bertz CT molecular complexity index is 1450. The molecule has 0 aliphatic rings. The predicted octanol–water partition coefficient (Wildman–Crippen LogP) is 3.72. The van der Waals surface area contributed by atoms with Crippen LogP contribution in [-0.2, 0) is 12.7 Å². The van der Waals surface area contributed by atoms with E-state index in [-0.39, 0.29) is 23.3 Å². The number of carbonyl (C=O) groups is 2. The summed E-state index contributed by atoms with van der Waals surface area (Å²) in [5.41, 5.74) is 4.59. The van der Waals surface area contributed by atoms with Gasteiger partial charge >= 0.3 is 6.18 Å². The van der Waals surface area contributed by atoms with Gasteiger partial charge in [-0.05, 0) is 29.8 Å². The number of nitrogens with two attached hydrogens (primary N) is 1. The Hall–Kier alpha value is -4.72. The fourth-order valence-corrected chi connectivity index (χ4v) is 3.36. The van der Waals surface area contributed by atoms with Crippen molar-refractivity contribution in [2.45, 2.75) is 12.7 Å². The molecular weight excluding hydrogens is 449 g/mol. The van der Waals surface area contributed by atoms with E-state index in [1.807, 2.05) is 6.07 Å². The number of fused-ring (bicyclic) bond motifs is 1. The summed E-state index contributed by atoms with van der Waals surface area (Å²) in [6, 6.07) is 15.8. The van der Waals surface area contributed by atoms with Gasteiger partial charge in [0.05, 0.1) is 34.9 Å². The minimum absolute atomic E-state index is 0.0169. The average molecular weight is 464 g/mol. The molecule has 0 aliphatic carbocycles. The van der Waals surface area contributed by atoms with Gasteiger partial charge in [0.15, 0.2) is 5.69 Å². The second-order valence-corrected chi connectivity index (χ2v) is 7.29. The van der Waals surface area contributed by atoms with E-state index in [1.165, 1.54) is 12.1 Å². The lowest BCUT2D eigenvalue weighted by atomic mass is 10.1. The minimum atomic E-state index is -4.84. The third kappa shape index (κ3) is 4.56. The van der Waals surface area contributed by atoms with Gasteiger partial charge in [0.25, 0.3) is 5.91 Å². The molecule has 0 fully saturated rings. The summed E-state index contributed by atoms with van der Waals surface area (Å²) in [7, 11) is 0. The first-order valence-electron chi connectivity index (χ1n) is 9.80. The van der Waals surface area contributed by atoms with Crippen LogP contribution in [0.4, 0.5) is 18.9 Å². The van der Waals surface area contributed by atoms with Gasteiger partial charge in [0, 0.05) is 11.6 Å². The van der Waals surface area contributed by atoms with E-state index in [9.17, 15) is 22.8 Å². The average Bonchev–Trinajstić information content (AvgIpc) is 3.21. The van der Waals surface area contributed by atoms with E-state index in [2.05, 4.69) is 15.4 Å². The number of hydrogen-bond acceptors (Lipinski definition) is 5. The van der Waals surface area contributed by atoms with Gasteiger partial charge in [-0.25, -0.2) is 4.98 Å². The van der Waals surface area contributed by atoms with Crippen molar-refractivity contribution in [3.05, 3.63) is 88.9 Å². The highest BCUT2D eigenvalue weighted by Gasteiger charge is 2.38. The highest BCUT2D eigenvalue weighted by molar-refractivity contribution is 6.10. The van der Waals surface area contributed by atoms with Crippen molar-refractivity contribution in [3.63, 3.8) is 0 Å². The van der Waals surface area contributed by atoms with Crippen LogP contribution < -0.4 is 11.1 Å².